The summed E-state index contributed by atoms with van der Waals surface area (Å²) in [7, 11) is 2.03. The molecule has 0 fully saturated rings. The zero-order valence-electron chi connectivity index (χ0n) is 12.5. The van der Waals surface area contributed by atoms with E-state index < -0.39 is 0 Å². The molecule has 0 spiro atoms. The van der Waals surface area contributed by atoms with Gasteiger partial charge >= 0.3 is 0 Å². The minimum absolute atomic E-state index is 0.194. The first-order valence-electron chi connectivity index (χ1n) is 7.05. The van der Waals surface area contributed by atoms with Gasteiger partial charge in [-0.1, -0.05) is 20.8 Å². The molecule has 0 saturated carbocycles. The van der Waals surface area contributed by atoms with Gasteiger partial charge in [-0.15, -0.1) is 0 Å². The third-order valence-electron chi connectivity index (χ3n) is 3.47. The number of fused-ring (bicyclic) bond motifs is 1. The van der Waals surface area contributed by atoms with Crippen molar-refractivity contribution in [3.8, 4) is 6.07 Å². The first-order valence-corrected chi connectivity index (χ1v) is 7.05. The second-order valence-corrected chi connectivity index (χ2v) is 6.70. The molecule has 0 N–H and O–H groups in total. The van der Waals surface area contributed by atoms with Crippen molar-refractivity contribution < 1.29 is 0 Å². The molecular weight excluding hydrogens is 234 g/mol. The van der Waals surface area contributed by atoms with Gasteiger partial charge in [0.15, 0.2) is 0 Å². The summed E-state index contributed by atoms with van der Waals surface area (Å²) in [5, 5.41) is 9.35. The lowest BCUT2D eigenvalue weighted by molar-refractivity contribution is 0.417. The lowest BCUT2D eigenvalue weighted by Gasteiger charge is -2.29. The van der Waals surface area contributed by atoms with Gasteiger partial charge in [0.1, 0.15) is 11.9 Å². The molecule has 0 atom stereocenters. The van der Waals surface area contributed by atoms with Crippen LogP contribution in [0.2, 0.25) is 0 Å². The van der Waals surface area contributed by atoms with E-state index in [9.17, 15) is 5.26 Å². The summed E-state index contributed by atoms with van der Waals surface area (Å²) < 4.78 is 0. The van der Waals surface area contributed by atoms with E-state index in [1.54, 1.807) is 0 Å². The molecule has 3 nitrogen and oxygen atoms in total. The topological polar surface area (TPSA) is 39.9 Å². The Morgan fingerprint density at radius 2 is 2.00 bits per heavy atom. The Balaban J connectivity index is 2.36. The molecule has 0 aromatic carbocycles. The van der Waals surface area contributed by atoms with E-state index in [2.05, 4.69) is 37.8 Å². The monoisotopic (exact) mass is 257 g/mol. The Bertz CT molecular complexity index is 506. The lowest BCUT2D eigenvalue weighted by atomic mass is 9.94. The zero-order chi connectivity index (χ0) is 14.0. The van der Waals surface area contributed by atoms with Gasteiger partial charge in [-0.25, -0.2) is 4.98 Å². The van der Waals surface area contributed by atoms with Crippen LogP contribution in [0.3, 0.4) is 0 Å². The van der Waals surface area contributed by atoms with Crippen molar-refractivity contribution in [2.75, 3.05) is 18.5 Å². The van der Waals surface area contributed by atoms with Crippen LogP contribution in [0.15, 0.2) is 6.07 Å². The smallest absolute Gasteiger partial charge is 0.146 e. The van der Waals surface area contributed by atoms with Crippen LogP contribution in [-0.2, 0) is 12.8 Å². The highest BCUT2D eigenvalue weighted by molar-refractivity contribution is 5.56. The maximum absolute atomic E-state index is 9.35. The number of hydrogen-bond acceptors (Lipinski definition) is 3. The molecular formula is C16H23N3. The number of pyridine rings is 1. The molecule has 0 aliphatic heterocycles. The normalized spacial score (nSPS) is 14.7. The summed E-state index contributed by atoms with van der Waals surface area (Å²) in [5.74, 6) is 0.845. The van der Waals surface area contributed by atoms with E-state index in [1.165, 1.54) is 24.1 Å². The Hall–Kier alpha value is -1.56. The lowest BCUT2D eigenvalue weighted by Crippen LogP contribution is -2.30. The summed E-state index contributed by atoms with van der Waals surface area (Å²) in [5.41, 5.74) is 3.38. The molecule has 1 heterocycles. The predicted molar refractivity (Wildman–Crippen MR) is 78.3 cm³/mol. The maximum atomic E-state index is 9.35. The number of nitrogens with zero attached hydrogens (tertiary/aromatic N) is 3. The van der Waals surface area contributed by atoms with Crippen LogP contribution in [0.5, 0.6) is 0 Å². The van der Waals surface area contributed by atoms with Gasteiger partial charge in [0.2, 0.25) is 0 Å². The van der Waals surface area contributed by atoms with Crippen molar-refractivity contribution in [3.05, 3.63) is 22.9 Å². The van der Waals surface area contributed by atoms with E-state index in [0.717, 1.165) is 25.2 Å². The molecule has 0 radical (unpaired) electrons. The SMILES string of the molecule is CN(CC(C)(C)C)c1nc2c(cc1C#N)CCCC2. The summed E-state index contributed by atoms with van der Waals surface area (Å²) in [4.78, 5) is 6.89. The van der Waals surface area contributed by atoms with Crippen molar-refractivity contribution in [1.82, 2.24) is 4.98 Å². The standard InChI is InChI=1S/C16H23N3/c1-16(2,3)11-19(4)15-13(10-17)9-12-7-5-6-8-14(12)18-15/h9H,5-8,11H2,1-4H3. The van der Waals surface area contributed by atoms with Gasteiger partial charge in [-0.05, 0) is 42.7 Å². The second-order valence-electron chi connectivity index (χ2n) is 6.70. The molecule has 1 aromatic heterocycles. The molecule has 2 rings (SSSR count). The van der Waals surface area contributed by atoms with Gasteiger partial charge in [-0.3, -0.25) is 0 Å². The first-order chi connectivity index (χ1) is 8.90. The summed E-state index contributed by atoms with van der Waals surface area (Å²) in [6.07, 6.45) is 4.56. The molecule has 1 aliphatic rings. The fourth-order valence-electron chi connectivity index (χ4n) is 2.78. The Morgan fingerprint density at radius 3 is 2.63 bits per heavy atom. The van der Waals surface area contributed by atoms with E-state index in [1.807, 2.05) is 7.05 Å². The molecule has 1 aromatic rings. The van der Waals surface area contributed by atoms with E-state index in [0.29, 0.717) is 5.56 Å². The van der Waals surface area contributed by atoms with E-state index >= 15 is 0 Å². The molecule has 1 aliphatic carbocycles. The number of anilines is 1. The van der Waals surface area contributed by atoms with Crippen molar-refractivity contribution in [3.63, 3.8) is 0 Å². The summed E-state index contributed by atoms with van der Waals surface area (Å²) in [6.45, 7) is 7.50. The van der Waals surface area contributed by atoms with Crippen LogP contribution < -0.4 is 4.90 Å². The first kappa shape index (κ1) is 13.9. The highest BCUT2D eigenvalue weighted by Gasteiger charge is 2.20. The van der Waals surface area contributed by atoms with Gasteiger partial charge in [0, 0.05) is 19.3 Å². The molecule has 0 saturated heterocycles. The fraction of sp³-hybridized carbons (Fsp3) is 0.625. The van der Waals surface area contributed by atoms with Crippen molar-refractivity contribution in [2.45, 2.75) is 46.5 Å². The predicted octanol–water partition coefficient (Wildman–Crippen LogP) is 3.31. The van der Waals surface area contributed by atoms with Gasteiger partial charge < -0.3 is 4.90 Å². The van der Waals surface area contributed by atoms with Crippen molar-refractivity contribution in [1.29, 1.82) is 5.26 Å². The minimum Gasteiger partial charge on any atom is -0.358 e. The quantitative estimate of drug-likeness (QED) is 0.816. The third kappa shape index (κ3) is 3.26. The van der Waals surface area contributed by atoms with Gasteiger partial charge in [0.05, 0.1) is 5.56 Å². The van der Waals surface area contributed by atoms with E-state index in [-0.39, 0.29) is 5.41 Å². The van der Waals surface area contributed by atoms with Crippen LogP contribution in [0.1, 0.15) is 50.4 Å². The molecule has 102 valence electrons. The highest BCUT2D eigenvalue weighted by atomic mass is 15.2. The largest absolute Gasteiger partial charge is 0.358 e. The molecule has 19 heavy (non-hydrogen) atoms. The minimum atomic E-state index is 0.194. The number of hydrogen-bond donors (Lipinski definition) is 0. The van der Waals surface area contributed by atoms with Crippen molar-refractivity contribution >= 4 is 5.82 Å². The Kier molecular flexibility index (Phi) is 3.80. The number of nitriles is 1. The summed E-state index contributed by atoms with van der Waals surface area (Å²) >= 11 is 0. The van der Waals surface area contributed by atoms with E-state index in [4.69, 9.17) is 4.98 Å². The maximum Gasteiger partial charge on any atom is 0.146 e. The Morgan fingerprint density at radius 1 is 1.32 bits per heavy atom. The molecule has 0 unspecified atom stereocenters. The van der Waals surface area contributed by atoms with Crippen LogP contribution in [0, 0.1) is 16.7 Å². The van der Waals surface area contributed by atoms with Crippen LogP contribution in [0.4, 0.5) is 5.82 Å². The number of aryl methyl sites for hydroxylation is 2. The number of rotatable bonds is 2. The molecule has 3 heteroatoms. The second kappa shape index (κ2) is 5.21. The average molecular weight is 257 g/mol. The average Bonchev–Trinajstić information content (AvgIpc) is 2.35. The highest BCUT2D eigenvalue weighted by Crippen LogP contribution is 2.27. The van der Waals surface area contributed by atoms with Crippen LogP contribution >= 0.6 is 0 Å². The fourth-order valence-corrected chi connectivity index (χ4v) is 2.78. The zero-order valence-corrected chi connectivity index (χ0v) is 12.5. The molecule has 0 bridgehead atoms. The molecule has 0 amide bonds. The van der Waals surface area contributed by atoms with Crippen LogP contribution in [0.25, 0.3) is 0 Å². The Labute approximate surface area is 116 Å². The third-order valence-corrected chi connectivity index (χ3v) is 3.47. The van der Waals surface area contributed by atoms with Gasteiger partial charge in [0.25, 0.3) is 0 Å². The van der Waals surface area contributed by atoms with Crippen molar-refractivity contribution in [2.24, 2.45) is 5.41 Å². The van der Waals surface area contributed by atoms with Crippen LogP contribution in [-0.4, -0.2) is 18.6 Å². The van der Waals surface area contributed by atoms with Gasteiger partial charge in [-0.2, -0.15) is 5.26 Å². The summed E-state index contributed by atoms with van der Waals surface area (Å²) in [6, 6.07) is 4.36. The number of aromatic nitrogens is 1.